The van der Waals surface area contributed by atoms with Crippen LogP contribution in [-0.2, 0) is 14.3 Å². The SMILES string of the molecule is CCCCCC/C=C\CCCCCCCCC(=O)OC(CCCCCCCCCCC)CCCCC(=O)O. The van der Waals surface area contributed by atoms with Gasteiger partial charge in [0.15, 0.2) is 0 Å². The second-order valence-electron chi connectivity index (χ2n) is 11.3. The van der Waals surface area contributed by atoms with Crippen molar-refractivity contribution in [2.75, 3.05) is 0 Å². The quantitative estimate of drug-likeness (QED) is 0.0563. The van der Waals surface area contributed by atoms with Crippen LogP contribution in [0.2, 0.25) is 0 Å². The van der Waals surface area contributed by atoms with E-state index in [-0.39, 0.29) is 18.5 Å². The van der Waals surface area contributed by atoms with Gasteiger partial charge in [-0.15, -0.1) is 0 Å². The summed E-state index contributed by atoms with van der Waals surface area (Å²) in [7, 11) is 0. The molecule has 0 saturated carbocycles. The Morgan fingerprint density at radius 2 is 0.947 bits per heavy atom. The molecule has 1 atom stereocenters. The zero-order valence-corrected chi connectivity index (χ0v) is 25.5. The number of hydrogen-bond acceptors (Lipinski definition) is 3. The number of carboxylic acid groups (broad SMARTS) is 1. The second-order valence-corrected chi connectivity index (χ2v) is 11.3. The molecule has 0 rings (SSSR count). The van der Waals surface area contributed by atoms with Crippen molar-refractivity contribution in [1.29, 1.82) is 0 Å². The zero-order valence-electron chi connectivity index (χ0n) is 25.5. The molecule has 4 heteroatoms. The fourth-order valence-electron chi connectivity index (χ4n) is 5.00. The number of ether oxygens (including phenoxy) is 1. The summed E-state index contributed by atoms with van der Waals surface area (Å²) >= 11 is 0. The van der Waals surface area contributed by atoms with Gasteiger partial charge in [0.05, 0.1) is 0 Å². The third kappa shape index (κ3) is 29.2. The standard InChI is InChI=1S/C34H64O4/c1-3-5-7-9-11-13-14-15-16-17-19-21-23-25-31-34(37)38-32(29-26-27-30-33(35)36)28-24-22-20-18-12-10-8-6-4-2/h13-14,32H,3-12,15-31H2,1-2H3,(H,35,36)/b14-13-. The Labute approximate surface area is 236 Å². The van der Waals surface area contributed by atoms with Crippen molar-refractivity contribution in [2.24, 2.45) is 0 Å². The van der Waals surface area contributed by atoms with Gasteiger partial charge in [-0.3, -0.25) is 9.59 Å². The van der Waals surface area contributed by atoms with E-state index in [0.29, 0.717) is 12.8 Å². The van der Waals surface area contributed by atoms with E-state index in [0.717, 1.165) is 38.5 Å². The van der Waals surface area contributed by atoms with Gasteiger partial charge >= 0.3 is 11.9 Å². The molecule has 224 valence electrons. The molecule has 1 unspecified atom stereocenters. The number of carbonyl (C=O) groups is 2. The highest BCUT2D eigenvalue weighted by atomic mass is 16.5. The number of carboxylic acids is 1. The van der Waals surface area contributed by atoms with Crippen LogP contribution in [0.25, 0.3) is 0 Å². The molecule has 1 N–H and O–H groups in total. The maximum Gasteiger partial charge on any atom is 0.306 e. The zero-order chi connectivity index (χ0) is 27.9. The largest absolute Gasteiger partial charge is 0.481 e. The van der Waals surface area contributed by atoms with Gasteiger partial charge in [0.2, 0.25) is 0 Å². The van der Waals surface area contributed by atoms with Crippen LogP contribution in [0.15, 0.2) is 12.2 Å². The lowest BCUT2D eigenvalue weighted by Gasteiger charge is -2.18. The molecule has 0 saturated heterocycles. The summed E-state index contributed by atoms with van der Waals surface area (Å²) in [4.78, 5) is 23.3. The Bertz CT molecular complexity index is 543. The van der Waals surface area contributed by atoms with Crippen molar-refractivity contribution in [3.05, 3.63) is 12.2 Å². The Morgan fingerprint density at radius 1 is 0.553 bits per heavy atom. The molecule has 0 aliphatic rings. The topological polar surface area (TPSA) is 63.6 Å². The Morgan fingerprint density at radius 3 is 1.47 bits per heavy atom. The van der Waals surface area contributed by atoms with Crippen LogP contribution in [0.4, 0.5) is 0 Å². The van der Waals surface area contributed by atoms with E-state index in [1.54, 1.807) is 0 Å². The normalized spacial score (nSPS) is 12.3. The van der Waals surface area contributed by atoms with E-state index in [1.807, 2.05) is 0 Å². The predicted octanol–water partition coefficient (Wildman–Crippen LogP) is 11.1. The van der Waals surface area contributed by atoms with Crippen LogP contribution >= 0.6 is 0 Å². The van der Waals surface area contributed by atoms with Gasteiger partial charge in [-0.2, -0.15) is 0 Å². The van der Waals surface area contributed by atoms with E-state index in [2.05, 4.69) is 26.0 Å². The minimum Gasteiger partial charge on any atom is -0.481 e. The van der Waals surface area contributed by atoms with Crippen LogP contribution in [0.3, 0.4) is 0 Å². The molecule has 38 heavy (non-hydrogen) atoms. The molecule has 4 nitrogen and oxygen atoms in total. The molecular formula is C34H64O4. The number of carbonyl (C=O) groups excluding carboxylic acids is 1. The molecule has 0 aromatic heterocycles. The highest BCUT2D eigenvalue weighted by Gasteiger charge is 2.14. The molecule has 0 amide bonds. The lowest BCUT2D eigenvalue weighted by atomic mass is 10.0. The Kier molecular flexibility index (Phi) is 29.2. The number of esters is 1. The number of unbranched alkanes of at least 4 members (excludes halogenated alkanes) is 19. The van der Waals surface area contributed by atoms with Crippen molar-refractivity contribution in [3.63, 3.8) is 0 Å². The van der Waals surface area contributed by atoms with Crippen LogP contribution in [0.5, 0.6) is 0 Å². The molecule has 0 aromatic carbocycles. The summed E-state index contributed by atoms with van der Waals surface area (Å²) in [6.45, 7) is 4.51. The number of allylic oxidation sites excluding steroid dienone is 2. The van der Waals surface area contributed by atoms with Gasteiger partial charge in [-0.25, -0.2) is 0 Å². The molecular weight excluding hydrogens is 472 g/mol. The summed E-state index contributed by atoms with van der Waals surface area (Å²) in [5, 5.41) is 8.88. The lowest BCUT2D eigenvalue weighted by molar-refractivity contribution is -0.150. The first-order chi connectivity index (χ1) is 18.6. The summed E-state index contributed by atoms with van der Waals surface area (Å²) in [5.74, 6) is -0.806. The first-order valence-electron chi connectivity index (χ1n) is 16.7. The molecule has 0 aliphatic carbocycles. The highest BCUT2D eigenvalue weighted by Crippen LogP contribution is 2.18. The fraction of sp³-hybridized carbons (Fsp3) is 0.882. The Hall–Kier alpha value is -1.32. The predicted molar refractivity (Wildman–Crippen MR) is 163 cm³/mol. The molecule has 0 aromatic rings. The first-order valence-corrected chi connectivity index (χ1v) is 16.7. The number of hydrogen-bond donors (Lipinski definition) is 1. The molecule has 0 heterocycles. The maximum absolute atomic E-state index is 12.4. The van der Waals surface area contributed by atoms with Gasteiger partial charge in [-0.1, -0.05) is 122 Å². The number of aliphatic carboxylic acids is 1. The molecule has 0 aliphatic heterocycles. The summed E-state index contributed by atoms with van der Waals surface area (Å²) in [6.07, 6.45) is 35.0. The van der Waals surface area contributed by atoms with Gasteiger partial charge < -0.3 is 9.84 Å². The van der Waals surface area contributed by atoms with Crippen molar-refractivity contribution in [2.45, 2.75) is 193 Å². The third-order valence-electron chi connectivity index (χ3n) is 7.49. The van der Waals surface area contributed by atoms with Crippen molar-refractivity contribution < 1.29 is 19.4 Å². The van der Waals surface area contributed by atoms with Crippen molar-refractivity contribution >= 4 is 11.9 Å². The van der Waals surface area contributed by atoms with E-state index in [1.165, 1.54) is 116 Å². The number of rotatable bonds is 30. The first kappa shape index (κ1) is 36.7. The maximum atomic E-state index is 12.4. The third-order valence-corrected chi connectivity index (χ3v) is 7.49. The van der Waals surface area contributed by atoms with Gasteiger partial charge in [0.25, 0.3) is 0 Å². The molecule has 0 fully saturated rings. The minimum absolute atomic E-state index is 0.0412. The average Bonchev–Trinajstić information content (AvgIpc) is 2.90. The van der Waals surface area contributed by atoms with Gasteiger partial charge in [-0.05, 0) is 64.2 Å². The Balaban J connectivity index is 3.90. The van der Waals surface area contributed by atoms with E-state index in [9.17, 15) is 9.59 Å². The van der Waals surface area contributed by atoms with Crippen molar-refractivity contribution in [1.82, 2.24) is 0 Å². The molecule has 0 bridgehead atoms. The monoisotopic (exact) mass is 536 g/mol. The average molecular weight is 537 g/mol. The second kappa shape index (κ2) is 30.2. The molecule has 0 spiro atoms. The van der Waals surface area contributed by atoms with E-state index in [4.69, 9.17) is 9.84 Å². The summed E-state index contributed by atoms with van der Waals surface area (Å²) < 4.78 is 5.85. The van der Waals surface area contributed by atoms with Gasteiger partial charge in [0.1, 0.15) is 6.10 Å². The van der Waals surface area contributed by atoms with E-state index >= 15 is 0 Å². The smallest absolute Gasteiger partial charge is 0.306 e. The summed E-state index contributed by atoms with van der Waals surface area (Å²) in [6, 6.07) is 0. The fourth-order valence-corrected chi connectivity index (χ4v) is 5.00. The van der Waals surface area contributed by atoms with Crippen LogP contribution in [0.1, 0.15) is 187 Å². The van der Waals surface area contributed by atoms with Crippen LogP contribution in [-0.4, -0.2) is 23.1 Å². The highest BCUT2D eigenvalue weighted by molar-refractivity contribution is 5.69. The lowest BCUT2D eigenvalue weighted by Crippen LogP contribution is -2.18. The van der Waals surface area contributed by atoms with Crippen molar-refractivity contribution in [3.8, 4) is 0 Å². The summed E-state index contributed by atoms with van der Waals surface area (Å²) in [5.41, 5.74) is 0. The van der Waals surface area contributed by atoms with Crippen LogP contribution in [0, 0.1) is 0 Å². The van der Waals surface area contributed by atoms with E-state index < -0.39 is 5.97 Å². The minimum atomic E-state index is -0.744. The van der Waals surface area contributed by atoms with Crippen LogP contribution < -0.4 is 0 Å². The molecule has 0 radical (unpaired) electrons. The van der Waals surface area contributed by atoms with Gasteiger partial charge in [0, 0.05) is 12.8 Å².